The van der Waals surface area contributed by atoms with Gasteiger partial charge < -0.3 is 10.5 Å². The second kappa shape index (κ2) is 7.67. The van der Waals surface area contributed by atoms with Crippen LogP contribution in [0.25, 0.3) is 0 Å². The SMILES string of the molecule is COC(=O)CN(Cc1cnc(N)s1)C1CCCC1.Cl. The van der Waals surface area contributed by atoms with Gasteiger partial charge in [-0.2, -0.15) is 0 Å². The number of ether oxygens (including phenoxy) is 1. The number of nitrogen functional groups attached to an aromatic ring is 1. The van der Waals surface area contributed by atoms with Gasteiger partial charge in [-0.05, 0) is 12.8 Å². The summed E-state index contributed by atoms with van der Waals surface area (Å²) in [6, 6.07) is 0.479. The number of halogens is 1. The molecule has 5 nitrogen and oxygen atoms in total. The zero-order valence-electron chi connectivity index (χ0n) is 11.0. The van der Waals surface area contributed by atoms with E-state index in [-0.39, 0.29) is 18.4 Å². The standard InChI is InChI=1S/C12H19N3O2S.ClH/c1-17-11(16)8-15(9-4-2-3-5-9)7-10-6-14-12(13)18-10;/h6,9H,2-5,7-8H2,1H3,(H2,13,14);1H. The number of esters is 1. The number of carbonyl (C=O) groups excluding carboxylic acids is 1. The highest BCUT2D eigenvalue weighted by atomic mass is 35.5. The molecule has 0 atom stereocenters. The predicted molar refractivity (Wildman–Crippen MR) is 78.5 cm³/mol. The van der Waals surface area contributed by atoms with Gasteiger partial charge in [-0.15, -0.1) is 23.7 Å². The molecule has 0 aliphatic heterocycles. The van der Waals surface area contributed by atoms with Crippen LogP contribution < -0.4 is 5.73 Å². The van der Waals surface area contributed by atoms with E-state index in [9.17, 15) is 4.79 Å². The summed E-state index contributed by atoms with van der Waals surface area (Å²) in [5.41, 5.74) is 5.63. The van der Waals surface area contributed by atoms with Crippen LogP contribution in [-0.2, 0) is 16.1 Å². The van der Waals surface area contributed by atoms with Crippen molar-refractivity contribution in [2.45, 2.75) is 38.3 Å². The minimum Gasteiger partial charge on any atom is -0.468 e. The average Bonchev–Trinajstić information content (AvgIpc) is 2.99. The van der Waals surface area contributed by atoms with Crippen molar-refractivity contribution in [1.82, 2.24) is 9.88 Å². The summed E-state index contributed by atoms with van der Waals surface area (Å²) >= 11 is 1.48. The summed E-state index contributed by atoms with van der Waals surface area (Å²) in [7, 11) is 1.43. The first-order valence-electron chi connectivity index (χ1n) is 6.20. The lowest BCUT2D eigenvalue weighted by Crippen LogP contribution is -2.37. The monoisotopic (exact) mass is 305 g/mol. The summed E-state index contributed by atoms with van der Waals surface area (Å²) < 4.78 is 4.77. The van der Waals surface area contributed by atoms with Crippen LogP contribution >= 0.6 is 23.7 Å². The van der Waals surface area contributed by atoms with Gasteiger partial charge in [-0.3, -0.25) is 9.69 Å². The number of rotatable bonds is 5. The molecular formula is C12H20ClN3O2S. The van der Waals surface area contributed by atoms with Crippen molar-refractivity contribution in [2.24, 2.45) is 0 Å². The number of nitrogens with zero attached hydrogens (tertiary/aromatic N) is 2. The molecular weight excluding hydrogens is 286 g/mol. The van der Waals surface area contributed by atoms with Crippen LogP contribution in [0.3, 0.4) is 0 Å². The van der Waals surface area contributed by atoms with E-state index in [2.05, 4.69) is 9.88 Å². The lowest BCUT2D eigenvalue weighted by molar-refractivity contribution is -0.142. The summed E-state index contributed by atoms with van der Waals surface area (Å²) in [5.74, 6) is -0.181. The molecule has 1 aliphatic rings. The van der Waals surface area contributed by atoms with Crippen LogP contribution in [0.1, 0.15) is 30.6 Å². The average molecular weight is 306 g/mol. The molecule has 108 valence electrons. The molecule has 0 radical (unpaired) electrons. The number of hydrogen-bond acceptors (Lipinski definition) is 6. The van der Waals surface area contributed by atoms with E-state index < -0.39 is 0 Å². The fraction of sp³-hybridized carbons (Fsp3) is 0.667. The predicted octanol–water partition coefficient (Wildman–Crippen LogP) is 2.06. The Morgan fingerprint density at radius 3 is 2.79 bits per heavy atom. The number of hydrogen-bond donors (Lipinski definition) is 1. The molecule has 0 unspecified atom stereocenters. The van der Waals surface area contributed by atoms with E-state index in [0.29, 0.717) is 17.7 Å². The molecule has 7 heteroatoms. The van der Waals surface area contributed by atoms with E-state index >= 15 is 0 Å². The van der Waals surface area contributed by atoms with Crippen molar-refractivity contribution in [3.63, 3.8) is 0 Å². The largest absolute Gasteiger partial charge is 0.468 e. The minimum absolute atomic E-state index is 0. The third kappa shape index (κ3) is 4.63. The maximum absolute atomic E-state index is 11.5. The second-order valence-corrected chi connectivity index (χ2v) is 5.73. The molecule has 2 N–H and O–H groups in total. The first-order chi connectivity index (χ1) is 8.69. The van der Waals surface area contributed by atoms with E-state index in [1.165, 1.54) is 31.3 Å². The molecule has 0 saturated heterocycles. The van der Waals surface area contributed by atoms with Gasteiger partial charge in [0.25, 0.3) is 0 Å². The van der Waals surface area contributed by atoms with Crippen LogP contribution in [-0.4, -0.2) is 35.5 Å². The van der Waals surface area contributed by atoms with Gasteiger partial charge in [0.2, 0.25) is 0 Å². The zero-order valence-corrected chi connectivity index (χ0v) is 12.6. The Kier molecular flexibility index (Phi) is 6.54. The van der Waals surface area contributed by atoms with Crippen molar-refractivity contribution in [2.75, 3.05) is 19.4 Å². The molecule has 1 fully saturated rings. The van der Waals surface area contributed by atoms with Crippen molar-refractivity contribution >= 4 is 34.8 Å². The van der Waals surface area contributed by atoms with Crippen LogP contribution in [0, 0.1) is 0 Å². The quantitative estimate of drug-likeness (QED) is 0.843. The molecule has 1 aromatic heterocycles. The van der Waals surface area contributed by atoms with Gasteiger partial charge in [-0.1, -0.05) is 12.8 Å². The Labute approximate surface area is 123 Å². The van der Waals surface area contributed by atoms with Gasteiger partial charge in [0.15, 0.2) is 5.13 Å². The van der Waals surface area contributed by atoms with Crippen molar-refractivity contribution < 1.29 is 9.53 Å². The highest BCUT2D eigenvalue weighted by Gasteiger charge is 2.25. The van der Waals surface area contributed by atoms with Crippen LogP contribution in [0.2, 0.25) is 0 Å². The van der Waals surface area contributed by atoms with Crippen LogP contribution in [0.5, 0.6) is 0 Å². The molecule has 2 rings (SSSR count). The second-order valence-electron chi connectivity index (χ2n) is 4.58. The van der Waals surface area contributed by atoms with E-state index in [4.69, 9.17) is 10.5 Å². The number of carbonyl (C=O) groups is 1. The van der Waals surface area contributed by atoms with Gasteiger partial charge >= 0.3 is 5.97 Å². The van der Waals surface area contributed by atoms with Gasteiger partial charge in [0.1, 0.15) is 0 Å². The summed E-state index contributed by atoms with van der Waals surface area (Å²) in [6.07, 6.45) is 6.59. The molecule has 0 aromatic carbocycles. The smallest absolute Gasteiger partial charge is 0.319 e. The van der Waals surface area contributed by atoms with Crippen molar-refractivity contribution in [1.29, 1.82) is 0 Å². The Bertz CT molecular complexity index is 407. The molecule has 1 aliphatic carbocycles. The van der Waals surface area contributed by atoms with Gasteiger partial charge in [0.05, 0.1) is 13.7 Å². The normalized spacial score (nSPS) is 15.5. The van der Waals surface area contributed by atoms with Crippen molar-refractivity contribution in [3.8, 4) is 0 Å². The fourth-order valence-corrected chi connectivity index (χ4v) is 3.12. The zero-order chi connectivity index (χ0) is 13.0. The number of thiazole rings is 1. The summed E-state index contributed by atoms with van der Waals surface area (Å²) in [4.78, 5) is 18.8. The highest BCUT2D eigenvalue weighted by molar-refractivity contribution is 7.15. The van der Waals surface area contributed by atoms with E-state index in [1.807, 2.05) is 0 Å². The Hall–Kier alpha value is -0.850. The van der Waals surface area contributed by atoms with Crippen LogP contribution in [0.4, 0.5) is 5.13 Å². The summed E-state index contributed by atoms with van der Waals surface area (Å²) in [5, 5.41) is 0.578. The number of anilines is 1. The fourth-order valence-electron chi connectivity index (χ4n) is 2.41. The number of aromatic nitrogens is 1. The third-order valence-electron chi connectivity index (χ3n) is 3.33. The number of nitrogens with two attached hydrogens (primary N) is 1. The molecule has 1 saturated carbocycles. The third-order valence-corrected chi connectivity index (χ3v) is 4.14. The Balaban J connectivity index is 0.00000180. The molecule has 1 heterocycles. The van der Waals surface area contributed by atoms with E-state index in [1.54, 1.807) is 6.20 Å². The maximum atomic E-state index is 11.5. The van der Waals surface area contributed by atoms with Gasteiger partial charge in [-0.25, -0.2) is 4.98 Å². The molecule has 19 heavy (non-hydrogen) atoms. The minimum atomic E-state index is -0.181. The molecule has 0 amide bonds. The van der Waals surface area contributed by atoms with Crippen molar-refractivity contribution in [3.05, 3.63) is 11.1 Å². The maximum Gasteiger partial charge on any atom is 0.319 e. The first-order valence-corrected chi connectivity index (χ1v) is 7.01. The lowest BCUT2D eigenvalue weighted by atomic mass is 10.2. The van der Waals surface area contributed by atoms with Crippen LogP contribution in [0.15, 0.2) is 6.20 Å². The highest BCUT2D eigenvalue weighted by Crippen LogP contribution is 2.26. The van der Waals surface area contributed by atoms with Gasteiger partial charge in [0, 0.05) is 23.7 Å². The summed E-state index contributed by atoms with van der Waals surface area (Å²) in [6.45, 7) is 1.08. The molecule has 1 aromatic rings. The van der Waals surface area contributed by atoms with E-state index in [0.717, 1.165) is 24.3 Å². The Morgan fingerprint density at radius 1 is 1.58 bits per heavy atom. The lowest BCUT2D eigenvalue weighted by Gasteiger charge is -2.26. The Morgan fingerprint density at radius 2 is 2.26 bits per heavy atom. The topological polar surface area (TPSA) is 68.5 Å². The number of methoxy groups -OCH3 is 1. The molecule has 0 bridgehead atoms. The molecule has 0 spiro atoms. The first kappa shape index (κ1) is 16.2.